The van der Waals surface area contributed by atoms with Crippen LogP contribution in [0.5, 0.6) is 11.5 Å². The summed E-state index contributed by atoms with van der Waals surface area (Å²) in [5.41, 5.74) is 3.10. The van der Waals surface area contributed by atoms with Gasteiger partial charge < -0.3 is 10.2 Å². The van der Waals surface area contributed by atoms with Crippen LogP contribution in [0.15, 0.2) is 23.8 Å². The standard InChI is InChI=1S/C23H38O2/c1-7-8-9-13-19-14-21(24)20(22(25)15-19)16-23(5,6)18(4)12-10-11-17(2)3/h11,14-15,18,24-25H,7-10,12-13,16H2,1-6H3. The molecule has 1 aromatic carbocycles. The summed E-state index contributed by atoms with van der Waals surface area (Å²) in [7, 11) is 0. The topological polar surface area (TPSA) is 40.5 Å². The first-order valence-electron chi connectivity index (χ1n) is 9.84. The SMILES string of the molecule is CCCCCc1cc(O)c(CC(C)(C)C(C)CCC=C(C)C)c(O)c1. The minimum absolute atomic E-state index is 0.0220. The molecule has 0 aliphatic carbocycles. The highest BCUT2D eigenvalue weighted by Crippen LogP contribution is 2.40. The molecule has 0 fully saturated rings. The fraction of sp³-hybridized carbons (Fsp3) is 0.652. The zero-order valence-corrected chi connectivity index (χ0v) is 17.2. The smallest absolute Gasteiger partial charge is 0.122 e. The van der Waals surface area contributed by atoms with Gasteiger partial charge in [-0.05, 0) is 75.0 Å². The van der Waals surface area contributed by atoms with Crippen molar-refractivity contribution in [2.24, 2.45) is 11.3 Å². The minimum Gasteiger partial charge on any atom is -0.508 e. The molecule has 0 amide bonds. The number of aryl methyl sites for hydroxylation is 1. The van der Waals surface area contributed by atoms with Crippen molar-refractivity contribution in [1.82, 2.24) is 0 Å². The van der Waals surface area contributed by atoms with Crippen molar-refractivity contribution in [3.8, 4) is 11.5 Å². The van der Waals surface area contributed by atoms with E-state index in [4.69, 9.17) is 0 Å². The predicted octanol–water partition coefficient (Wildman–Crippen LogP) is 6.78. The Morgan fingerprint density at radius 3 is 2.24 bits per heavy atom. The second kappa shape index (κ2) is 9.89. The Kier molecular flexibility index (Phi) is 8.55. The molecular formula is C23H38O2. The molecule has 0 saturated heterocycles. The number of aromatic hydroxyl groups is 2. The van der Waals surface area contributed by atoms with Crippen LogP contribution in [-0.4, -0.2) is 10.2 Å². The van der Waals surface area contributed by atoms with E-state index in [2.05, 4.69) is 47.6 Å². The Labute approximate surface area is 155 Å². The highest BCUT2D eigenvalue weighted by molar-refractivity contribution is 5.47. The lowest BCUT2D eigenvalue weighted by Crippen LogP contribution is -2.24. The third kappa shape index (κ3) is 7.13. The van der Waals surface area contributed by atoms with Crippen LogP contribution in [0.1, 0.15) is 84.8 Å². The van der Waals surface area contributed by atoms with Crippen LogP contribution >= 0.6 is 0 Å². The monoisotopic (exact) mass is 346 g/mol. The summed E-state index contributed by atoms with van der Waals surface area (Å²) in [6.45, 7) is 13.2. The van der Waals surface area contributed by atoms with E-state index in [-0.39, 0.29) is 16.9 Å². The maximum Gasteiger partial charge on any atom is 0.122 e. The van der Waals surface area contributed by atoms with Gasteiger partial charge in [0, 0.05) is 5.56 Å². The lowest BCUT2D eigenvalue weighted by molar-refractivity contribution is 0.213. The van der Waals surface area contributed by atoms with Crippen molar-refractivity contribution in [2.75, 3.05) is 0 Å². The van der Waals surface area contributed by atoms with E-state index in [1.165, 1.54) is 18.4 Å². The quantitative estimate of drug-likeness (QED) is 0.362. The Morgan fingerprint density at radius 2 is 1.72 bits per heavy atom. The average Bonchev–Trinajstić information content (AvgIpc) is 2.51. The van der Waals surface area contributed by atoms with Crippen LogP contribution in [0, 0.1) is 11.3 Å². The molecule has 2 nitrogen and oxygen atoms in total. The van der Waals surface area contributed by atoms with Gasteiger partial charge in [0.2, 0.25) is 0 Å². The maximum atomic E-state index is 10.5. The molecule has 1 aromatic rings. The number of rotatable bonds is 10. The van der Waals surface area contributed by atoms with Gasteiger partial charge in [0.25, 0.3) is 0 Å². The van der Waals surface area contributed by atoms with Gasteiger partial charge in [-0.25, -0.2) is 0 Å². The molecule has 2 heteroatoms. The number of hydrogen-bond donors (Lipinski definition) is 2. The first kappa shape index (κ1) is 21.6. The summed E-state index contributed by atoms with van der Waals surface area (Å²) in [5, 5.41) is 20.9. The molecule has 0 aliphatic rings. The molecule has 2 N–H and O–H groups in total. The fourth-order valence-electron chi connectivity index (χ4n) is 3.25. The second-order valence-corrected chi connectivity index (χ2v) is 8.49. The molecule has 0 aromatic heterocycles. The van der Waals surface area contributed by atoms with E-state index >= 15 is 0 Å². The van der Waals surface area contributed by atoms with Crippen LogP contribution in [-0.2, 0) is 12.8 Å². The minimum atomic E-state index is 0.0220. The number of hydrogen-bond acceptors (Lipinski definition) is 2. The number of unbranched alkanes of at least 4 members (excludes halogenated alkanes) is 2. The van der Waals surface area contributed by atoms with Crippen molar-refractivity contribution in [1.29, 1.82) is 0 Å². The van der Waals surface area contributed by atoms with Crippen LogP contribution in [0.25, 0.3) is 0 Å². The summed E-state index contributed by atoms with van der Waals surface area (Å²) in [5.74, 6) is 0.998. The molecule has 1 atom stereocenters. The average molecular weight is 347 g/mol. The van der Waals surface area contributed by atoms with E-state index in [9.17, 15) is 10.2 Å². The normalized spacial score (nSPS) is 12.9. The number of benzene rings is 1. The first-order valence-corrected chi connectivity index (χ1v) is 9.84. The summed E-state index contributed by atoms with van der Waals surface area (Å²) in [6.07, 6.45) is 9.55. The van der Waals surface area contributed by atoms with Gasteiger partial charge in [0.15, 0.2) is 0 Å². The largest absolute Gasteiger partial charge is 0.508 e. The van der Waals surface area contributed by atoms with Gasteiger partial charge in [0.1, 0.15) is 11.5 Å². The van der Waals surface area contributed by atoms with Crippen molar-refractivity contribution < 1.29 is 10.2 Å². The molecular weight excluding hydrogens is 308 g/mol. The summed E-state index contributed by atoms with van der Waals surface area (Å²) >= 11 is 0. The van der Waals surface area contributed by atoms with E-state index in [0.29, 0.717) is 17.9 Å². The van der Waals surface area contributed by atoms with Crippen molar-refractivity contribution in [2.45, 2.75) is 86.5 Å². The summed E-state index contributed by atoms with van der Waals surface area (Å²) in [6, 6.07) is 3.68. The maximum absolute atomic E-state index is 10.5. The van der Waals surface area contributed by atoms with Gasteiger partial charge in [-0.15, -0.1) is 0 Å². The lowest BCUT2D eigenvalue weighted by atomic mass is 9.73. The molecule has 0 saturated carbocycles. The van der Waals surface area contributed by atoms with E-state index in [1.807, 2.05) is 12.1 Å². The predicted molar refractivity (Wildman–Crippen MR) is 108 cm³/mol. The Balaban J connectivity index is 2.81. The molecule has 0 bridgehead atoms. The number of allylic oxidation sites excluding steroid dienone is 2. The highest BCUT2D eigenvalue weighted by Gasteiger charge is 2.28. The van der Waals surface area contributed by atoms with Crippen LogP contribution < -0.4 is 0 Å². The van der Waals surface area contributed by atoms with Gasteiger partial charge in [-0.3, -0.25) is 0 Å². The molecule has 142 valence electrons. The molecule has 1 unspecified atom stereocenters. The third-order valence-corrected chi connectivity index (χ3v) is 5.45. The zero-order chi connectivity index (χ0) is 19.0. The lowest BCUT2D eigenvalue weighted by Gasteiger charge is -2.32. The van der Waals surface area contributed by atoms with Crippen molar-refractivity contribution in [3.63, 3.8) is 0 Å². The number of phenolic OH excluding ortho intramolecular Hbond substituents is 2. The van der Waals surface area contributed by atoms with E-state index in [1.54, 1.807) is 0 Å². The Hall–Kier alpha value is -1.44. The molecule has 0 aliphatic heterocycles. The summed E-state index contributed by atoms with van der Waals surface area (Å²) in [4.78, 5) is 0. The van der Waals surface area contributed by atoms with Crippen LogP contribution in [0.4, 0.5) is 0 Å². The van der Waals surface area contributed by atoms with E-state index in [0.717, 1.165) is 31.2 Å². The Morgan fingerprint density at radius 1 is 1.12 bits per heavy atom. The van der Waals surface area contributed by atoms with Crippen molar-refractivity contribution in [3.05, 3.63) is 34.9 Å². The molecule has 25 heavy (non-hydrogen) atoms. The second-order valence-electron chi connectivity index (χ2n) is 8.49. The Bertz CT molecular complexity index is 542. The van der Waals surface area contributed by atoms with Gasteiger partial charge >= 0.3 is 0 Å². The van der Waals surface area contributed by atoms with Gasteiger partial charge in [0.05, 0.1) is 0 Å². The summed E-state index contributed by atoms with van der Waals surface area (Å²) < 4.78 is 0. The third-order valence-electron chi connectivity index (χ3n) is 5.45. The zero-order valence-electron chi connectivity index (χ0n) is 17.2. The molecule has 0 radical (unpaired) electrons. The van der Waals surface area contributed by atoms with Gasteiger partial charge in [-0.1, -0.05) is 52.2 Å². The van der Waals surface area contributed by atoms with Crippen molar-refractivity contribution >= 4 is 0 Å². The highest BCUT2D eigenvalue weighted by atomic mass is 16.3. The van der Waals surface area contributed by atoms with Gasteiger partial charge in [-0.2, -0.15) is 0 Å². The first-order chi connectivity index (χ1) is 11.7. The molecule has 0 spiro atoms. The van der Waals surface area contributed by atoms with E-state index < -0.39 is 0 Å². The molecule has 1 rings (SSSR count). The fourth-order valence-corrected chi connectivity index (χ4v) is 3.25. The molecule has 0 heterocycles. The number of phenols is 2. The van der Waals surface area contributed by atoms with Crippen LogP contribution in [0.2, 0.25) is 0 Å². The van der Waals surface area contributed by atoms with Crippen LogP contribution in [0.3, 0.4) is 0 Å².